The lowest BCUT2D eigenvalue weighted by Gasteiger charge is -2.12. The van der Waals surface area contributed by atoms with Crippen molar-refractivity contribution in [3.05, 3.63) is 24.0 Å². The fourth-order valence-corrected chi connectivity index (χ4v) is 2.62. The van der Waals surface area contributed by atoms with Crippen LogP contribution in [0, 0.1) is 5.82 Å². The van der Waals surface area contributed by atoms with Crippen molar-refractivity contribution in [2.75, 3.05) is 22.3 Å². The molecule has 1 unspecified atom stereocenters. The minimum absolute atomic E-state index is 0. The first-order valence-electron chi connectivity index (χ1n) is 5.75. The Kier molecular flexibility index (Phi) is 6.25. The van der Waals surface area contributed by atoms with Gasteiger partial charge in [0.2, 0.25) is 11.8 Å². The molecular weight excluding hydrogens is 305 g/mol. The van der Waals surface area contributed by atoms with Crippen molar-refractivity contribution in [2.24, 2.45) is 0 Å². The Morgan fingerprint density at radius 1 is 1.40 bits per heavy atom. The van der Waals surface area contributed by atoms with E-state index in [1.807, 2.05) is 0 Å². The number of anilines is 2. The van der Waals surface area contributed by atoms with Crippen LogP contribution in [0.15, 0.2) is 18.2 Å². The van der Waals surface area contributed by atoms with E-state index in [4.69, 9.17) is 0 Å². The molecule has 0 saturated carbocycles. The summed E-state index contributed by atoms with van der Waals surface area (Å²) in [5, 5.41) is 8.11. The summed E-state index contributed by atoms with van der Waals surface area (Å²) in [5.41, 5.74) is 0.507. The standard InChI is InChI=1S/C12H14FN3O2S.ClH/c1-7(17)15-10-4-8(2-3-9(10)13)16-12(18)11-5-19-6-14-11;/h2-4,11,14H,5-6H2,1H3,(H,15,17)(H,16,18);1H. The summed E-state index contributed by atoms with van der Waals surface area (Å²) in [7, 11) is 0. The molecule has 1 aliphatic rings. The summed E-state index contributed by atoms with van der Waals surface area (Å²) < 4.78 is 13.4. The van der Waals surface area contributed by atoms with Crippen LogP contribution in [-0.4, -0.2) is 29.5 Å². The number of hydrogen-bond donors (Lipinski definition) is 3. The maximum atomic E-state index is 13.4. The van der Waals surface area contributed by atoms with Crippen molar-refractivity contribution in [1.29, 1.82) is 0 Å². The molecule has 0 aromatic heterocycles. The highest BCUT2D eigenvalue weighted by Crippen LogP contribution is 2.20. The second-order valence-electron chi connectivity index (χ2n) is 4.14. The van der Waals surface area contributed by atoms with Crippen molar-refractivity contribution < 1.29 is 14.0 Å². The van der Waals surface area contributed by atoms with Gasteiger partial charge in [-0.25, -0.2) is 4.39 Å². The van der Waals surface area contributed by atoms with E-state index in [9.17, 15) is 14.0 Å². The van der Waals surface area contributed by atoms with Gasteiger partial charge in [-0.1, -0.05) is 0 Å². The van der Waals surface area contributed by atoms with Crippen molar-refractivity contribution >= 4 is 47.4 Å². The smallest absolute Gasteiger partial charge is 0.242 e. The minimum atomic E-state index is -0.539. The molecule has 1 aromatic carbocycles. The Hall–Kier alpha value is -1.31. The van der Waals surface area contributed by atoms with E-state index in [-0.39, 0.29) is 36.0 Å². The van der Waals surface area contributed by atoms with Gasteiger partial charge in [-0.3, -0.25) is 14.9 Å². The third-order valence-electron chi connectivity index (χ3n) is 2.58. The molecule has 1 heterocycles. The van der Waals surface area contributed by atoms with Gasteiger partial charge in [0.15, 0.2) is 0 Å². The van der Waals surface area contributed by atoms with E-state index in [1.165, 1.54) is 25.1 Å². The Labute approximate surface area is 126 Å². The highest BCUT2D eigenvalue weighted by molar-refractivity contribution is 7.99. The van der Waals surface area contributed by atoms with E-state index in [1.54, 1.807) is 11.8 Å². The van der Waals surface area contributed by atoms with Crippen molar-refractivity contribution in [3.8, 4) is 0 Å². The lowest BCUT2D eigenvalue weighted by atomic mass is 10.2. The van der Waals surface area contributed by atoms with Crippen LogP contribution < -0.4 is 16.0 Å². The van der Waals surface area contributed by atoms with Gasteiger partial charge in [0.25, 0.3) is 0 Å². The Morgan fingerprint density at radius 3 is 2.75 bits per heavy atom. The van der Waals surface area contributed by atoms with Crippen LogP contribution in [0.5, 0.6) is 0 Å². The molecule has 1 atom stereocenters. The molecule has 2 amide bonds. The van der Waals surface area contributed by atoms with E-state index >= 15 is 0 Å². The van der Waals surface area contributed by atoms with Gasteiger partial charge in [0.1, 0.15) is 5.82 Å². The van der Waals surface area contributed by atoms with E-state index < -0.39 is 5.82 Å². The van der Waals surface area contributed by atoms with Crippen LogP contribution in [-0.2, 0) is 9.59 Å². The minimum Gasteiger partial charge on any atom is -0.325 e. The van der Waals surface area contributed by atoms with Crippen molar-refractivity contribution in [3.63, 3.8) is 0 Å². The summed E-state index contributed by atoms with van der Waals surface area (Å²) in [4.78, 5) is 22.8. The van der Waals surface area contributed by atoms with Crippen LogP contribution in [0.4, 0.5) is 15.8 Å². The highest BCUT2D eigenvalue weighted by Gasteiger charge is 2.22. The Balaban J connectivity index is 0.00000200. The quantitative estimate of drug-likeness (QED) is 0.794. The lowest BCUT2D eigenvalue weighted by molar-refractivity contribution is -0.117. The van der Waals surface area contributed by atoms with Crippen LogP contribution in [0.3, 0.4) is 0 Å². The Morgan fingerprint density at radius 2 is 2.15 bits per heavy atom. The Bertz CT molecular complexity index is 509. The molecule has 2 rings (SSSR count). The van der Waals surface area contributed by atoms with Gasteiger partial charge in [0.05, 0.1) is 11.7 Å². The third-order valence-corrected chi connectivity index (χ3v) is 3.52. The first kappa shape index (κ1) is 16.7. The van der Waals surface area contributed by atoms with Crippen LogP contribution in [0.25, 0.3) is 0 Å². The predicted molar refractivity (Wildman–Crippen MR) is 80.8 cm³/mol. The van der Waals surface area contributed by atoms with Gasteiger partial charge in [-0.15, -0.1) is 24.2 Å². The number of thioether (sulfide) groups is 1. The molecule has 1 aromatic rings. The lowest BCUT2D eigenvalue weighted by Crippen LogP contribution is -2.37. The number of nitrogens with one attached hydrogen (secondary N) is 3. The molecule has 3 N–H and O–H groups in total. The molecule has 1 fully saturated rings. The molecule has 0 radical (unpaired) electrons. The normalized spacial score (nSPS) is 17.2. The summed E-state index contributed by atoms with van der Waals surface area (Å²) in [5.74, 6) is 0.397. The van der Waals surface area contributed by atoms with Crippen LogP contribution in [0.1, 0.15) is 6.92 Å². The molecule has 0 aliphatic carbocycles. The van der Waals surface area contributed by atoms with Crippen molar-refractivity contribution in [1.82, 2.24) is 5.32 Å². The SMILES string of the molecule is CC(=O)Nc1cc(NC(=O)C2CSCN2)ccc1F.Cl. The molecule has 5 nitrogen and oxygen atoms in total. The molecule has 1 saturated heterocycles. The topological polar surface area (TPSA) is 70.2 Å². The average molecular weight is 320 g/mol. The van der Waals surface area contributed by atoms with Gasteiger partial charge >= 0.3 is 0 Å². The molecule has 1 aliphatic heterocycles. The third kappa shape index (κ3) is 4.36. The number of halogens is 2. The van der Waals surface area contributed by atoms with Gasteiger partial charge in [-0.2, -0.15) is 0 Å². The monoisotopic (exact) mass is 319 g/mol. The molecule has 20 heavy (non-hydrogen) atoms. The number of carbonyl (C=O) groups is 2. The largest absolute Gasteiger partial charge is 0.325 e. The summed E-state index contributed by atoms with van der Waals surface area (Å²) in [6, 6.07) is 3.83. The van der Waals surface area contributed by atoms with E-state index in [0.717, 1.165) is 5.88 Å². The zero-order chi connectivity index (χ0) is 13.8. The molecule has 0 spiro atoms. The summed E-state index contributed by atoms with van der Waals surface area (Å²) in [6.07, 6.45) is 0. The second-order valence-corrected chi connectivity index (χ2v) is 5.17. The molecule has 110 valence electrons. The molecular formula is C12H15ClFN3O2S. The summed E-state index contributed by atoms with van der Waals surface area (Å²) in [6.45, 7) is 1.30. The average Bonchev–Trinajstić information content (AvgIpc) is 2.86. The molecule has 8 heteroatoms. The van der Waals surface area contributed by atoms with Crippen molar-refractivity contribution in [2.45, 2.75) is 13.0 Å². The first-order chi connectivity index (χ1) is 9.06. The fourth-order valence-electron chi connectivity index (χ4n) is 1.68. The maximum absolute atomic E-state index is 13.4. The first-order valence-corrected chi connectivity index (χ1v) is 6.91. The molecule has 0 bridgehead atoms. The number of benzene rings is 1. The van der Waals surface area contributed by atoms with Gasteiger partial charge in [0, 0.05) is 24.2 Å². The maximum Gasteiger partial charge on any atom is 0.242 e. The highest BCUT2D eigenvalue weighted by atomic mass is 35.5. The summed E-state index contributed by atoms with van der Waals surface area (Å²) >= 11 is 1.65. The number of amides is 2. The van der Waals surface area contributed by atoms with Crippen LogP contribution in [0.2, 0.25) is 0 Å². The zero-order valence-corrected chi connectivity index (χ0v) is 12.4. The van der Waals surface area contributed by atoms with Gasteiger partial charge in [-0.05, 0) is 18.2 Å². The van der Waals surface area contributed by atoms with E-state index in [2.05, 4.69) is 16.0 Å². The van der Waals surface area contributed by atoms with Crippen LogP contribution >= 0.6 is 24.2 Å². The zero-order valence-electron chi connectivity index (χ0n) is 10.7. The number of hydrogen-bond acceptors (Lipinski definition) is 4. The van der Waals surface area contributed by atoms with E-state index in [0.29, 0.717) is 11.4 Å². The number of carbonyl (C=O) groups excluding carboxylic acids is 2. The number of rotatable bonds is 3. The predicted octanol–water partition coefficient (Wildman–Crippen LogP) is 1.81. The fraction of sp³-hybridized carbons (Fsp3) is 0.333. The van der Waals surface area contributed by atoms with Gasteiger partial charge < -0.3 is 10.6 Å². The second kappa shape index (κ2) is 7.47.